The van der Waals surface area contributed by atoms with Gasteiger partial charge in [0.2, 0.25) is 0 Å². The SMILES string of the molecule is IC1(I)C=CC2=CC(I)(I)C=CC2=C1.c1ccc2ccccc2c1. The van der Waals surface area contributed by atoms with Crippen LogP contribution in [0.15, 0.2) is 96.1 Å². The fourth-order valence-electron chi connectivity index (χ4n) is 2.50. The normalized spacial score (nSPS) is 19.7. The molecule has 4 rings (SSSR count). The molecule has 0 amide bonds. The van der Waals surface area contributed by atoms with Crippen LogP contribution in [-0.2, 0) is 0 Å². The summed E-state index contributed by atoms with van der Waals surface area (Å²) >= 11 is 9.79. The van der Waals surface area contributed by atoms with Crippen molar-refractivity contribution in [1.29, 1.82) is 0 Å². The number of rotatable bonds is 0. The standard InChI is InChI=1S/C10H6I4.C10H8/c11-9(12)3-1-7-5-10(13,14)4-2-8(7)6-9;1-2-6-10-8-4-3-7-9(10)5-1/h1-6H;1-8H. The van der Waals surface area contributed by atoms with Crippen molar-refractivity contribution in [3.8, 4) is 0 Å². The first-order chi connectivity index (χ1) is 11.3. The molecule has 2 aliphatic carbocycles. The van der Waals surface area contributed by atoms with Crippen molar-refractivity contribution in [2.75, 3.05) is 0 Å². The number of alkyl halides is 4. The Labute approximate surface area is 197 Å². The van der Waals surface area contributed by atoms with Crippen LogP contribution in [0.5, 0.6) is 0 Å². The van der Waals surface area contributed by atoms with E-state index < -0.39 is 0 Å². The molecule has 0 radical (unpaired) electrons. The second kappa shape index (κ2) is 8.08. The van der Waals surface area contributed by atoms with Gasteiger partial charge in [0.25, 0.3) is 0 Å². The zero-order valence-electron chi connectivity index (χ0n) is 12.6. The molecule has 0 saturated carbocycles. The van der Waals surface area contributed by atoms with Crippen molar-refractivity contribution in [3.05, 3.63) is 96.1 Å². The summed E-state index contributed by atoms with van der Waals surface area (Å²) in [7, 11) is 0. The third-order valence-corrected chi connectivity index (χ3v) is 6.34. The quantitative estimate of drug-likeness (QED) is 0.189. The minimum absolute atomic E-state index is 0.142. The number of hydrogen-bond donors (Lipinski definition) is 0. The molecule has 0 heterocycles. The Balaban J connectivity index is 0.000000149. The molecule has 24 heavy (non-hydrogen) atoms. The highest BCUT2D eigenvalue weighted by molar-refractivity contribution is 14.2. The van der Waals surface area contributed by atoms with Crippen molar-refractivity contribution in [2.45, 2.75) is 2.86 Å². The Morgan fingerprint density at radius 3 is 1.21 bits per heavy atom. The summed E-state index contributed by atoms with van der Waals surface area (Å²) in [6.07, 6.45) is 13.5. The van der Waals surface area contributed by atoms with Crippen molar-refractivity contribution < 1.29 is 0 Å². The van der Waals surface area contributed by atoms with Gasteiger partial charge in [0.1, 0.15) is 2.86 Å². The summed E-state index contributed by atoms with van der Waals surface area (Å²) in [4.78, 5) is 0. The molecule has 0 unspecified atom stereocenters. The van der Waals surface area contributed by atoms with Gasteiger partial charge in [-0.2, -0.15) is 0 Å². The first kappa shape index (κ1) is 19.3. The van der Waals surface area contributed by atoms with Crippen molar-refractivity contribution in [1.82, 2.24) is 0 Å². The first-order valence-electron chi connectivity index (χ1n) is 7.39. The summed E-state index contributed by atoms with van der Waals surface area (Å²) in [6.45, 7) is 0. The van der Waals surface area contributed by atoms with E-state index in [2.05, 4.69) is 175 Å². The Kier molecular flexibility index (Phi) is 6.51. The molecule has 122 valence electrons. The van der Waals surface area contributed by atoms with E-state index >= 15 is 0 Å². The van der Waals surface area contributed by atoms with E-state index in [1.165, 1.54) is 21.9 Å². The lowest BCUT2D eigenvalue weighted by atomic mass is 9.95. The molecule has 0 fully saturated rings. The molecule has 2 aromatic carbocycles. The van der Waals surface area contributed by atoms with Crippen LogP contribution in [0.25, 0.3) is 10.8 Å². The molecule has 2 aromatic rings. The minimum atomic E-state index is 0.142. The maximum absolute atomic E-state index is 2.45. The van der Waals surface area contributed by atoms with E-state index in [0.717, 1.165) is 0 Å². The van der Waals surface area contributed by atoms with E-state index in [-0.39, 0.29) is 2.86 Å². The van der Waals surface area contributed by atoms with E-state index in [0.29, 0.717) is 0 Å². The van der Waals surface area contributed by atoms with E-state index in [1.54, 1.807) is 0 Å². The second-order valence-electron chi connectivity index (χ2n) is 5.56. The Morgan fingerprint density at radius 2 is 0.875 bits per heavy atom. The van der Waals surface area contributed by atoms with E-state index in [1.807, 2.05) is 0 Å². The van der Waals surface area contributed by atoms with E-state index in [9.17, 15) is 0 Å². The average molecular weight is 762 g/mol. The van der Waals surface area contributed by atoms with Gasteiger partial charge in [0.05, 0.1) is 0 Å². The van der Waals surface area contributed by atoms with Crippen LogP contribution in [0.1, 0.15) is 0 Å². The van der Waals surface area contributed by atoms with Gasteiger partial charge < -0.3 is 0 Å². The zero-order valence-corrected chi connectivity index (χ0v) is 21.2. The summed E-state index contributed by atoms with van der Waals surface area (Å²) in [6, 6.07) is 16.7. The maximum Gasteiger partial charge on any atom is 0.110 e. The van der Waals surface area contributed by atoms with Gasteiger partial charge in [0.15, 0.2) is 0 Å². The molecule has 0 saturated heterocycles. The predicted octanol–water partition coefficient (Wildman–Crippen LogP) is 7.95. The number of hydrogen-bond acceptors (Lipinski definition) is 0. The topological polar surface area (TPSA) is 0 Å². The maximum atomic E-state index is 2.45. The summed E-state index contributed by atoms with van der Waals surface area (Å²) < 4.78 is 0.284. The number of allylic oxidation sites excluding steroid dienone is 8. The molecule has 4 heteroatoms. The van der Waals surface area contributed by atoms with Gasteiger partial charge in [-0.15, -0.1) is 0 Å². The highest BCUT2D eigenvalue weighted by Crippen LogP contribution is 2.43. The molecule has 0 N–H and O–H groups in total. The van der Waals surface area contributed by atoms with Gasteiger partial charge in [-0.1, -0.05) is 163 Å². The number of fused-ring (bicyclic) bond motifs is 2. The molecule has 0 aliphatic heterocycles. The monoisotopic (exact) mass is 762 g/mol. The van der Waals surface area contributed by atoms with Crippen molar-refractivity contribution in [3.63, 3.8) is 0 Å². The second-order valence-corrected chi connectivity index (χ2v) is 16.8. The lowest BCUT2D eigenvalue weighted by Gasteiger charge is -2.25. The third-order valence-electron chi connectivity index (χ3n) is 3.66. The van der Waals surface area contributed by atoms with Crippen LogP contribution in [0.4, 0.5) is 0 Å². The molecular weight excluding hydrogens is 748 g/mol. The van der Waals surface area contributed by atoms with Crippen LogP contribution in [0.3, 0.4) is 0 Å². The average Bonchev–Trinajstić information content (AvgIpc) is 2.55. The minimum Gasteiger partial charge on any atom is -0.0616 e. The zero-order chi connectivity index (χ0) is 17.2. The van der Waals surface area contributed by atoms with Crippen LogP contribution >= 0.6 is 90.4 Å². The lowest BCUT2D eigenvalue weighted by Crippen LogP contribution is -2.14. The van der Waals surface area contributed by atoms with Gasteiger partial charge in [-0.3, -0.25) is 0 Å². The molecule has 0 spiro atoms. The smallest absolute Gasteiger partial charge is 0.0616 e. The summed E-state index contributed by atoms with van der Waals surface area (Å²) in [5, 5.41) is 2.62. The lowest BCUT2D eigenvalue weighted by molar-refractivity contribution is 1.25. The Bertz CT molecular complexity index is 767. The molecular formula is C20H14I4. The van der Waals surface area contributed by atoms with Gasteiger partial charge >= 0.3 is 0 Å². The number of halogens is 4. The van der Waals surface area contributed by atoms with Crippen LogP contribution in [-0.4, -0.2) is 2.86 Å². The van der Waals surface area contributed by atoms with Crippen molar-refractivity contribution in [2.24, 2.45) is 0 Å². The third kappa shape index (κ3) is 5.29. The van der Waals surface area contributed by atoms with Crippen LogP contribution in [0.2, 0.25) is 0 Å². The predicted molar refractivity (Wildman–Crippen MR) is 140 cm³/mol. The van der Waals surface area contributed by atoms with Crippen molar-refractivity contribution >= 4 is 101 Å². The number of benzene rings is 2. The summed E-state index contributed by atoms with van der Waals surface area (Å²) in [5.74, 6) is 0. The van der Waals surface area contributed by atoms with Crippen LogP contribution < -0.4 is 0 Å². The summed E-state index contributed by atoms with van der Waals surface area (Å²) in [5.41, 5.74) is 2.69. The molecule has 0 atom stereocenters. The fourth-order valence-corrected chi connectivity index (χ4v) is 4.56. The molecule has 2 aliphatic rings. The molecule has 0 aromatic heterocycles. The Hall–Kier alpha value is 0.580. The van der Waals surface area contributed by atoms with E-state index in [4.69, 9.17) is 0 Å². The molecule has 0 bridgehead atoms. The molecule has 0 nitrogen and oxygen atoms in total. The highest BCUT2D eigenvalue weighted by atomic mass is 127. The first-order valence-corrected chi connectivity index (χ1v) is 11.7. The highest BCUT2D eigenvalue weighted by Gasteiger charge is 2.26. The fraction of sp³-hybridized carbons (Fsp3) is 0.100. The van der Waals surface area contributed by atoms with Gasteiger partial charge in [0, 0.05) is 0 Å². The largest absolute Gasteiger partial charge is 0.110 e. The van der Waals surface area contributed by atoms with Gasteiger partial charge in [-0.05, 0) is 34.1 Å². The Morgan fingerprint density at radius 1 is 0.542 bits per heavy atom. The van der Waals surface area contributed by atoms with Crippen LogP contribution in [0, 0.1) is 0 Å². The van der Waals surface area contributed by atoms with Gasteiger partial charge in [-0.25, -0.2) is 0 Å².